The van der Waals surface area contributed by atoms with E-state index in [-0.39, 0.29) is 30.2 Å². The third-order valence-corrected chi connectivity index (χ3v) is 2.92. The summed E-state index contributed by atoms with van der Waals surface area (Å²) in [6, 6.07) is 3.64. The molecule has 0 heterocycles. The summed E-state index contributed by atoms with van der Waals surface area (Å²) in [5.41, 5.74) is 0.221. The molecule has 0 amide bonds. The number of esters is 2. The first-order chi connectivity index (χ1) is 9.49. The Labute approximate surface area is 121 Å². The third kappa shape index (κ3) is 4.49. The van der Waals surface area contributed by atoms with Crippen molar-refractivity contribution in [3.05, 3.63) is 34.6 Å². The second kappa shape index (κ2) is 7.85. The summed E-state index contributed by atoms with van der Waals surface area (Å²) >= 11 is 5.97. The summed E-state index contributed by atoms with van der Waals surface area (Å²) in [4.78, 5) is 23.5. The van der Waals surface area contributed by atoms with Crippen molar-refractivity contribution >= 4 is 23.5 Å². The fourth-order valence-corrected chi connectivity index (χ4v) is 1.98. The van der Waals surface area contributed by atoms with Crippen molar-refractivity contribution in [1.82, 2.24) is 0 Å². The zero-order valence-corrected chi connectivity index (χ0v) is 12.1. The van der Waals surface area contributed by atoms with Crippen LogP contribution in [0.3, 0.4) is 0 Å². The fraction of sp³-hybridized carbons (Fsp3) is 0.429. The molecule has 1 unspecified atom stereocenters. The van der Waals surface area contributed by atoms with Crippen LogP contribution in [-0.2, 0) is 19.1 Å². The summed E-state index contributed by atoms with van der Waals surface area (Å²) in [6.07, 6.45) is -0.240. The maximum Gasteiger partial charge on any atom is 0.314 e. The largest absolute Gasteiger partial charge is 0.466 e. The van der Waals surface area contributed by atoms with E-state index >= 15 is 0 Å². The van der Waals surface area contributed by atoms with Crippen LogP contribution < -0.4 is 0 Å². The van der Waals surface area contributed by atoms with Crippen LogP contribution in [0, 0.1) is 5.82 Å². The minimum absolute atomic E-state index is 0.158. The molecule has 0 saturated carbocycles. The molecule has 1 rings (SSSR count). The van der Waals surface area contributed by atoms with E-state index in [4.69, 9.17) is 21.1 Å². The SMILES string of the molecule is CCOC(=O)CC(C(=O)OCC)c1cc(F)ccc1Cl. The molecule has 20 heavy (non-hydrogen) atoms. The van der Waals surface area contributed by atoms with Gasteiger partial charge in [0.05, 0.1) is 25.6 Å². The van der Waals surface area contributed by atoms with Crippen molar-refractivity contribution in [2.75, 3.05) is 13.2 Å². The number of rotatable bonds is 6. The van der Waals surface area contributed by atoms with Crippen molar-refractivity contribution in [3.63, 3.8) is 0 Å². The van der Waals surface area contributed by atoms with Gasteiger partial charge in [-0.3, -0.25) is 9.59 Å². The van der Waals surface area contributed by atoms with E-state index < -0.39 is 23.7 Å². The minimum atomic E-state index is -0.975. The minimum Gasteiger partial charge on any atom is -0.466 e. The van der Waals surface area contributed by atoms with Crippen LogP contribution in [0.5, 0.6) is 0 Å². The first-order valence-electron chi connectivity index (χ1n) is 6.26. The fourth-order valence-electron chi connectivity index (χ4n) is 1.73. The lowest BCUT2D eigenvalue weighted by Crippen LogP contribution is -2.21. The number of carbonyl (C=O) groups is 2. The molecule has 0 aliphatic rings. The van der Waals surface area contributed by atoms with Gasteiger partial charge >= 0.3 is 11.9 Å². The predicted octanol–water partition coefficient (Wildman–Crippen LogP) is 3.08. The quantitative estimate of drug-likeness (QED) is 0.758. The normalized spacial score (nSPS) is 11.8. The Kier molecular flexibility index (Phi) is 6.45. The molecule has 0 fully saturated rings. The second-order valence-corrected chi connectivity index (χ2v) is 4.39. The van der Waals surface area contributed by atoms with Crippen molar-refractivity contribution in [2.45, 2.75) is 26.2 Å². The first-order valence-corrected chi connectivity index (χ1v) is 6.64. The third-order valence-electron chi connectivity index (χ3n) is 2.58. The van der Waals surface area contributed by atoms with Crippen molar-refractivity contribution in [3.8, 4) is 0 Å². The van der Waals surface area contributed by atoms with Crippen molar-refractivity contribution in [1.29, 1.82) is 0 Å². The van der Waals surface area contributed by atoms with Crippen LogP contribution in [0.1, 0.15) is 31.7 Å². The molecule has 0 bridgehead atoms. The zero-order valence-electron chi connectivity index (χ0n) is 11.3. The van der Waals surface area contributed by atoms with E-state index in [0.29, 0.717) is 0 Å². The van der Waals surface area contributed by atoms with Gasteiger partial charge < -0.3 is 9.47 Å². The first kappa shape index (κ1) is 16.4. The van der Waals surface area contributed by atoms with Crippen molar-refractivity contribution < 1.29 is 23.5 Å². The molecule has 1 aromatic rings. The van der Waals surface area contributed by atoms with E-state index in [1.807, 2.05) is 0 Å². The standard InChI is InChI=1S/C14H16ClFO4/c1-3-19-13(17)8-11(14(18)20-4-2)10-7-9(16)5-6-12(10)15/h5-7,11H,3-4,8H2,1-2H3. The molecule has 0 spiro atoms. The molecule has 0 saturated heterocycles. The summed E-state index contributed by atoms with van der Waals surface area (Å²) in [5, 5.41) is 0.203. The van der Waals surface area contributed by atoms with Gasteiger partial charge in [-0.1, -0.05) is 11.6 Å². The highest BCUT2D eigenvalue weighted by molar-refractivity contribution is 6.31. The van der Waals surface area contributed by atoms with Gasteiger partial charge in [0.15, 0.2) is 0 Å². The van der Waals surface area contributed by atoms with E-state index in [1.165, 1.54) is 12.1 Å². The molecule has 0 radical (unpaired) electrons. The zero-order chi connectivity index (χ0) is 15.1. The van der Waals surface area contributed by atoms with Gasteiger partial charge in [-0.25, -0.2) is 4.39 Å². The Morgan fingerprint density at radius 2 is 1.90 bits per heavy atom. The molecular formula is C14H16ClFO4. The van der Waals surface area contributed by atoms with Crippen LogP contribution in [-0.4, -0.2) is 25.2 Å². The van der Waals surface area contributed by atoms with Gasteiger partial charge in [0, 0.05) is 5.02 Å². The smallest absolute Gasteiger partial charge is 0.314 e. The average molecular weight is 303 g/mol. The van der Waals surface area contributed by atoms with Gasteiger partial charge in [-0.2, -0.15) is 0 Å². The molecule has 0 N–H and O–H groups in total. The van der Waals surface area contributed by atoms with Gasteiger partial charge in [0.25, 0.3) is 0 Å². The van der Waals surface area contributed by atoms with Crippen LogP contribution in [0.4, 0.5) is 4.39 Å². The number of hydrogen-bond donors (Lipinski definition) is 0. The topological polar surface area (TPSA) is 52.6 Å². The average Bonchev–Trinajstić information content (AvgIpc) is 2.39. The molecule has 1 atom stereocenters. The molecule has 6 heteroatoms. The van der Waals surface area contributed by atoms with Crippen LogP contribution >= 0.6 is 11.6 Å². The lowest BCUT2D eigenvalue weighted by atomic mass is 9.95. The highest BCUT2D eigenvalue weighted by Gasteiger charge is 2.28. The molecule has 0 aliphatic carbocycles. The van der Waals surface area contributed by atoms with E-state index in [0.717, 1.165) is 6.07 Å². The Bertz CT molecular complexity index is 490. The number of ether oxygens (including phenoxy) is 2. The number of halogens is 2. The molecule has 0 aliphatic heterocycles. The van der Waals surface area contributed by atoms with Gasteiger partial charge in [-0.05, 0) is 37.6 Å². The van der Waals surface area contributed by atoms with Crippen LogP contribution in [0.25, 0.3) is 0 Å². The van der Waals surface area contributed by atoms with E-state index in [9.17, 15) is 14.0 Å². The van der Waals surface area contributed by atoms with Crippen LogP contribution in [0.15, 0.2) is 18.2 Å². The summed E-state index contributed by atoms with van der Waals surface area (Å²) in [7, 11) is 0. The Hall–Kier alpha value is -1.62. The van der Waals surface area contributed by atoms with E-state index in [1.54, 1.807) is 13.8 Å². The molecule has 0 aromatic heterocycles. The predicted molar refractivity (Wildman–Crippen MR) is 72.0 cm³/mol. The number of benzene rings is 1. The van der Waals surface area contributed by atoms with Gasteiger partial charge in [0.2, 0.25) is 0 Å². The number of carbonyl (C=O) groups excluding carboxylic acids is 2. The summed E-state index contributed by atoms with van der Waals surface area (Å²) in [5.74, 6) is -2.71. The molecule has 110 valence electrons. The highest BCUT2D eigenvalue weighted by atomic mass is 35.5. The van der Waals surface area contributed by atoms with Gasteiger partial charge in [-0.15, -0.1) is 0 Å². The van der Waals surface area contributed by atoms with Crippen LogP contribution in [0.2, 0.25) is 5.02 Å². The lowest BCUT2D eigenvalue weighted by molar-refractivity contribution is -0.151. The summed E-state index contributed by atoms with van der Waals surface area (Å²) < 4.78 is 23.0. The second-order valence-electron chi connectivity index (χ2n) is 3.98. The Morgan fingerprint density at radius 1 is 1.25 bits per heavy atom. The maximum absolute atomic E-state index is 13.3. The Balaban J connectivity index is 3.05. The van der Waals surface area contributed by atoms with Gasteiger partial charge in [0.1, 0.15) is 5.82 Å². The Morgan fingerprint density at radius 3 is 2.50 bits per heavy atom. The number of hydrogen-bond acceptors (Lipinski definition) is 4. The monoisotopic (exact) mass is 302 g/mol. The summed E-state index contributed by atoms with van der Waals surface area (Å²) in [6.45, 7) is 3.66. The highest BCUT2D eigenvalue weighted by Crippen LogP contribution is 2.29. The van der Waals surface area contributed by atoms with E-state index in [2.05, 4.69) is 0 Å². The van der Waals surface area contributed by atoms with Crippen molar-refractivity contribution in [2.24, 2.45) is 0 Å². The molecule has 1 aromatic carbocycles. The molecular weight excluding hydrogens is 287 g/mol. The molecule has 4 nitrogen and oxygen atoms in total. The lowest BCUT2D eigenvalue weighted by Gasteiger charge is -2.16. The maximum atomic E-state index is 13.3.